The van der Waals surface area contributed by atoms with Gasteiger partial charge in [-0.1, -0.05) is 13.8 Å². The molecule has 0 fully saturated rings. The summed E-state index contributed by atoms with van der Waals surface area (Å²) in [6.45, 7) is 4.00. The molecule has 1 heterocycles. The molecule has 0 aliphatic rings. The Morgan fingerprint density at radius 2 is 2.12 bits per heavy atom. The molecule has 0 bridgehead atoms. The molecule has 0 saturated carbocycles. The summed E-state index contributed by atoms with van der Waals surface area (Å²) in [6, 6.07) is 1.78. The standard InChI is InChI=1S/C4H4OS.C2H6/c6-4-1-2-5-3-4;1-2/h1-3,6H;1-2H3. The van der Waals surface area contributed by atoms with Crippen molar-refractivity contribution in [2.45, 2.75) is 18.7 Å². The van der Waals surface area contributed by atoms with Gasteiger partial charge in [-0.15, -0.1) is 12.6 Å². The molecule has 0 aliphatic heterocycles. The highest BCUT2D eigenvalue weighted by atomic mass is 32.1. The number of furan rings is 1. The van der Waals surface area contributed by atoms with Gasteiger partial charge in [-0.25, -0.2) is 0 Å². The number of hydrogen-bond acceptors (Lipinski definition) is 2. The number of hydrogen-bond donors (Lipinski definition) is 1. The third-order valence-corrected chi connectivity index (χ3v) is 0.761. The highest BCUT2D eigenvalue weighted by molar-refractivity contribution is 7.80. The lowest BCUT2D eigenvalue weighted by atomic mass is 10.7. The van der Waals surface area contributed by atoms with Crippen LogP contribution in [0.15, 0.2) is 27.9 Å². The van der Waals surface area contributed by atoms with E-state index in [-0.39, 0.29) is 0 Å². The molecule has 0 saturated heterocycles. The van der Waals surface area contributed by atoms with Crippen LogP contribution in [0.1, 0.15) is 13.8 Å². The molecule has 1 aromatic rings. The van der Waals surface area contributed by atoms with Gasteiger partial charge in [0, 0.05) is 4.90 Å². The Kier molecular flexibility index (Phi) is 4.56. The van der Waals surface area contributed by atoms with Crippen molar-refractivity contribution in [1.29, 1.82) is 0 Å². The van der Waals surface area contributed by atoms with Crippen molar-refractivity contribution in [3.63, 3.8) is 0 Å². The molecule has 0 spiro atoms. The fraction of sp³-hybridized carbons (Fsp3) is 0.333. The molecular formula is C6H10OS. The van der Waals surface area contributed by atoms with Gasteiger partial charge in [-0.2, -0.15) is 0 Å². The van der Waals surface area contributed by atoms with E-state index in [9.17, 15) is 0 Å². The average molecular weight is 130 g/mol. The second-order valence-corrected chi connectivity index (χ2v) is 1.50. The van der Waals surface area contributed by atoms with Crippen molar-refractivity contribution >= 4 is 12.6 Å². The van der Waals surface area contributed by atoms with Crippen molar-refractivity contribution in [2.24, 2.45) is 0 Å². The normalized spacial score (nSPS) is 7.38. The Hall–Kier alpha value is -0.370. The third-order valence-electron chi connectivity index (χ3n) is 0.506. The van der Waals surface area contributed by atoms with Gasteiger partial charge >= 0.3 is 0 Å². The van der Waals surface area contributed by atoms with Crippen LogP contribution in [-0.2, 0) is 0 Å². The Balaban J connectivity index is 0.000000222. The second kappa shape index (κ2) is 4.78. The van der Waals surface area contributed by atoms with Crippen LogP contribution in [0.2, 0.25) is 0 Å². The van der Waals surface area contributed by atoms with Crippen LogP contribution in [0, 0.1) is 0 Å². The summed E-state index contributed by atoms with van der Waals surface area (Å²) >= 11 is 3.94. The molecule has 0 N–H and O–H groups in total. The summed E-state index contributed by atoms with van der Waals surface area (Å²) in [5.41, 5.74) is 0. The first-order valence-corrected chi connectivity index (χ1v) is 3.05. The topological polar surface area (TPSA) is 13.1 Å². The predicted molar refractivity (Wildman–Crippen MR) is 37.3 cm³/mol. The smallest absolute Gasteiger partial charge is 0.104 e. The first kappa shape index (κ1) is 7.63. The van der Waals surface area contributed by atoms with Crippen LogP contribution >= 0.6 is 12.6 Å². The second-order valence-electron chi connectivity index (χ2n) is 0.982. The molecule has 46 valence electrons. The van der Waals surface area contributed by atoms with Crippen LogP contribution in [0.25, 0.3) is 0 Å². The van der Waals surface area contributed by atoms with Gasteiger partial charge in [0.25, 0.3) is 0 Å². The molecule has 8 heavy (non-hydrogen) atoms. The van der Waals surface area contributed by atoms with E-state index in [2.05, 4.69) is 17.0 Å². The van der Waals surface area contributed by atoms with Crippen molar-refractivity contribution in [3.8, 4) is 0 Å². The summed E-state index contributed by atoms with van der Waals surface area (Å²) in [7, 11) is 0. The van der Waals surface area contributed by atoms with Crippen molar-refractivity contribution in [2.75, 3.05) is 0 Å². The minimum atomic E-state index is 0.870. The zero-order valence-electron chi connectivity index (χ0n) is 5.09. The lowest BCUT2D eigenvalue weighted by Crippen LogP contribution is -1.37. The summed E-state index contributed by atoms with van der Waals surface area (Å²) in [5, 5.41) is 0. The molecule has 0 aliphatic carbocycles. The highest BCUT2D eigenvalue weighted by Gasteiger charge is 1.77. The lowest BCUT2D eigenvalue weighted by Gasteiger charge is -1.62. The van der Waals surface area contributed by atoms with E-state index in [0.717, 1.165) is 4.90 Å². The summed E-state index contributed by atoms with van der Waals surface area (Å²) < 4.78 is 4.64. The molecule has 1 rings (SSSR count). The van der Waals surface area contributed by atoms with Crippen molar-refractivity contribution < 1.29 is 4.42 Å². The Morgan fingerprint density at radius 3 is 2.25 bits per heavy atom. The Labute approximate surface area is 55.1 Å². The zero-order valence-corrected chi connectivity index (χ0v) is 5.98. The predicted octanol–water partition coefficient (Wildman–Crippen LogP) is 2.59. The maximum Gasteiger partial charge on any atom is 0.104 e. The molecule has 0 radical (unpaired) electrons. The van der Waals surface area contributed by atoms with E-state index in [0.29, 0.717) is 0 Å². The van der Waals surface area contributed by atoms with E-state index < -0.39 is 0 Å². The van der Waals surface area contributed by atoms with Crippen molar-refractivity contribution in [1.82, 2.24) is 0 Å². The van der Waals surface area contributed by atoms with Gasteiger partial charge in [0.15, 0.2) is 0 Å². The van der Waals surface area contributed by atoms with Crippen LogP contribution in [0.4, 0.5) is 0 Å². The fourth-order valence-corrected chi connectivity index (χ4v) is 0.379. The van der Waals surface area contributed by atoms with E-state index in [4.69, 9.17) is 0 Å². The van der Waals surface area contributed by atoms with E-state index in [1.807, 2.05) is 13.8 Å². The Bertz CT molecular complexity index is 112. The number of thiol groups is 1. The zero-order chi connectivity index (χ0) is 6.41. The first-order chi connectivity index (χ1) is 3.89. The van der Waals surface area contributed by atoms with Crippen LogP contribution < -0.4 is 0 Å². The maximum atomic E-state index is 4.64. The molecule has 2 heteroatoms. The van der Waals surface area contributed by atoms with Gasteiger partial charge in [-0.05, 0) is 6.07 Å². The summed E-state index contributed by atoms with van der Waals surface area (Å²) in [5.74, 6) is 0. The molecule has 0 atom stereocenters. The fourth-order valence-electron chi connectivity index (χ4n) is 0.257. The molecule has 1 nitrogen and oxygen atoms in total. The van der Waals surface area contributed by atoms with E-state index in [1.165, 1.54) is 0 Å². The third kappa shape index (κ3) is 2.75. The maximum absolute atomic E-state index is 4.64. The molecule has 1 aromatic heterocycles. The van der Waals surface area contributed by atoms with E-state index in [1.54, 1.807) is 18.6 Å². The van der Waals surface area contributed by atoms with Crippen LogP contribution in [0.5, 0.6) is 0 Å². The quantitative estimate of drug-likeness (QED) is 0.533. The molecular weight excluding hydrogens is 120 g/mol. The number of rotatable bonds is 0. The van der Waals surface area contributed by atoms with Crippen LogP contribution in [0.3, 0.4) is 0 Å². The van der Waals surface area contributed by atoms with Crippen LogP contribution in [-0.4, -0.2) is 0 Å². The van der Waals surface area contributed by atoms with Gasteiger partial charge < -0.3 is 4.42 Å². The van der Waals surface area contributed by atoms with E-state index >= 15 is 0 Å². The minimum absolute atomic E-state index is 0.870. The summed E-state index contributed by atoms with van der Waals surface area (Å²) in [4.78, 5) is 0.870. The monoisotopic (exact) mass is 130 g/mol. The highest BCUT2D eigenvalue weighted by Crippen LogP contribution is 2.02. The van der Waals surface area contributed by atoms with Gasteiger partial charge in [0.05, 0.1) is 6.26 Å². The molecule has 0 aromatic carbocycles. The van der Waals surface area contributed by atoms with Gasteiger partial charge in [0.2, 0.25) is 0 Å². The van der Waals surface area contributed by atoms with Crippen molar-refractivity contribution in [3.05, 3.63) is 18.6 Å². The lowest BCUT2D eigenvalue weighted by molar-refractivity contribution is 0.562. The SMILES string of the molecule is CC.Sc1ccoc1. The summed E-state index contributed by atoms with van der Waals surface area (Å²) in [6.07, 6.45) is 3.16. The Morgan fingerprint density at radius 1 is 1.50 bits per heavy atom. The first-order valence-electron chi connectivity index (χ1n) is 2.61. The average Bonchev–Trinajstić information content (AvgIpc) is 2.24. The molecule has 0 amide bonds. The molecule has 0 unspecified atom stereocenters. The minimum Gasteiger partial charge on any atom is -0.471 e. The largest absolute Gasteiger partial charge is 0.471 e. The van der Waals surface area contributed by atoms with Gasteiger partial charge in [-0.3, -0.25) is 0 Å². The van der Waals surface area contributed by atoms with Gasteiger partial charge in [0.1, 0.15) is 6.26 Å².